The molecule has 3 rings (SSSR count). The minimum atomic E-state index is -0.389. The molecule has 3 aromatic rings. The lowest BCUT2D eigenvalue weighted by Gasteiger charge is -2.09. The summed E-state index contributed by atoms with van der Waals surface area (Å²) in [6.45, 7) is 0.718. The molecule has 0 atom stereocenters. The van der Waals surface area contributed by atoms with Crippen molar-refractivity contribution in [2.75, 3.05) is 7.11 Å². The van der Waals surface area contributed by atoms with Crippen molar-refractivity contribution in [1.29, 1.82) is 0 Å². The number of carbonyl (C=O) groups excluding carboxylic acids is 2. The summed E-state index contributed by atoms with van der Waals surface area (Å²) in [5.41, 5.74) is 2.23. The van der Waals surface area contributed by atoms with Gasteiger partial charge in [-0.15, -0.1) is 0 Å². The maximum absolute atomic E-state index is 11.9. The molecular formula is C19H19N5O3. The zero-order valence-corrected chi connectivity index (χ0v) is 14.8. The lowest BCUT2D eigenvalue weighted by atomic mass is 10.1. The molecule has 138 valence electrons. The van der Waals surface area contributed by atoms with Crippen LogP contribution in [0.4, 0.5) is 4.79 Å². The fourth-order valence-electron chi connectivity index (χ4n) is 2.37. The Kier molecular flexibility index (Phi) is 5.78. The van der Waals surface area contributed by atoms with Gasteiger partial charge in [0.2, 0.25) is 0 Å². The van der Waals surface area contributed by atoms with Gasteiger partial charge in [0.1, 0.15) is 12.1 Å². The second kappa shape index (κ2) is 8.61. The van der Waals surface area contributed by atoms with Gasteiger partial charge < -0.3 is 15.4 Å². The van der Waals surface area contributed by atoms with Crippen LogP contribution in [-0.2, 0) is 17.8 Å². The number of ether oxygens (including phenoxy) is 1. The summed E-state index contributed by atoms with van der Waals surface area (Å²) in [4.78, 5) is 31.6. The first-order valence-corrected chi connectivity index (χ1v) is 8.28. The second-order valence-corrected chi connectivity index (χ2v) is 5.72. The van der Waals surface area contributed by atoms with Gasteiger partial charge >= 0.3 is 12.0 Å². The van der Waals surface area contributed by atoms with Crippen molar-refractivity contribution < 1.29 is 14.3 Å². The molecule has 0 radical (unpaired) electrons. The number of imidazole rings is 1. The molecule has 0 aliphatic carbocycles. The molecule has 0 spiro atoms. The van der Waals surface area contributed by atoms with Gasteiger partial charge in [-0.2, -0.15) is 0 Å². The fourth-order valence-corrected chi connectivity index (χ4v) is 2.37. The van der Waals surface area contributed by atoms with E-state index >= 15 is 0 Å². The van der Waals surface area contributed by atoms with E-state index in [0.717, 1.165) is 16.9 Å². The highest BCUT2D eigenvalue weighted by atomic mass is 16.5. The number of methoxy groups -OCH3 is 1. The van der Waals surface area contributed by atoms with Crippen LogP contribution in [-0.4, -0.2) is 33.6 Å². The summed E-state index contributed by atoms with van der Waals surface area (Å²) >= 11 is 0. The summed E-state index contributed by atoms with van der Waals surface area (Å²) in [6.07, 6.45) is 6.88. The van der Waals surface area contributed by atoms with Crippen LogP contribution < -0.4 is 10.6 Å². The predicted molar refractivity (Wildman–Crippen MR) is 98.2 cm³/mol. The Hall–Kier alpha value is -3.68. The number of aromatic nitrogens is 3. The van der Waals surface area contributed by atoms with Gasteiger partial charge in [0.05, 0.1) is 12.7 Å². The molecule has 0 saturated carbocycles. The monoisotopic (exact) mass is 365 g/mol. The van der Waals surface area contributed by atoms with Gasteiger partial charge in [0.25, 0.3) is 0 Å². The summed E-state index contributed by atoms with van der Waals surface area (Å²) in [7, 11) is 1.34. The first kappa shape index (κ1) is 18.1. The number of urea groups is 1. The van der Waals surface area contributed by atoms with Crippen LogP contribution >= 0.6 is 0 Å². The van der Waals surface area contributed by atoms with Crippen LogP contribution in [0.25, 0.3) is 5.82 Å². The number of benzene rings is 1. The number of carbonyl (C=O) groups is 2. The van der Waals surface area contributed by atoms with Gasteiger partial charge in [0, 0.05) is 31.7 Å². The normalized spacial score (nSPS) is 10.3. The molecule has 2 heterocycles. The highest BCUT2D eigenvalue weighted by Gasteiger charge is 2.06. The Balaban J connectivity index is 1.45. The van der Waals surface area contributed by atoms with Gasteiger partial charge in [0.15, 0.2) is 0 Å². The number of esters is 1. The molecule has 27 heavy (non-hydrogen) atoms. The third kappa shape index (κ3) is 4.91. The Bertz CT molecular complexity index is 890. The van der Waals surface area contributed by atoms with E-state index in [9.17, 15) is 9.59 Å². The summed E-state index contributed by atoms with van der Waals surface area (Å²) in [5, 5.41) is 5.55. The minimum Gasteiger partial charge on any atom is -0.465 e. The molecule has 8 heteroatoms. The van der Waals surface area contributed by atoms with Crippen molar-refractivity contribution in [2.24, 2.45) is 0 Å². The summed E-state index contributed by atoms with van der Waals surface area (Å²) < 4.78 is 6.45. The van der Waals surface area contributed by atoms with E-state index in [1.165, 1.54) is 7.11 Å². The first-order chi connectivity index (χ1) is 13.2. The Morgan fingerprint density at radius 3 is 2.33 bits per heavy atom. The van der Waals surface area contributed by atoms with Crippen molar-refractivity contribution in [3.05, 3.63) is 78.0 Å². The predicted octanol–water partition coefficient (Wildman–Crippen LogP) is 2.05. The zero-order chi connectivity index (χ0) is 19.1. The Labute approximate surface area is 156 Å². The van der Waals surface area contributed by atoms with Crippen LogP contribution in [0.15, 0.2) is 61.3 Å². The number of hydrogen-bond acceptors (Lipinski definition) is 5. The summed E-state index contributed by atoms with van der Waals surface area (Å²) in [6, 6.07) is 10.3. The molecule has 2 amide bonds. The molecule has 0 aliphatic rings. The van der Waals surface area contributed by atoms with Crippen LogP contribution in [0.2, 0.25) is 0 Å². The minimum absolute atomic E-state index is 0.286. The van der Waals surface area contributed by atoms with Crippen LogP contribution in [0.3, 0.4) is 0 Å². The highest BCUT2D eigenvalue weighted by Crippen LogP contribution is 2.06. The van der Waals surface area contributed by atoms with Gasteiger partial charge in [-0.1, -0.05) is 18.2 Å². The molecule has 0 fully saturated rings. The number of hydrogen-bond donors (Lipinski definition) is 2. The lowest BCUT2D eigenvalue weighted by molar-refractivity contribution is 0.0600. The Morgan fingerprint density at radius 1 is 1.04 bits per heavy atom. The van der Waals surface area contributed by atoms with E-state index < -0.39 is 0 Å². The molecule has 2 aromatic heterocycles. The first-order valence-electron chi connectivity index (χ1n) is 8.28. The molecule has 1 aromatic carbocycles. The quantitative estimate of drug-likeness (QED) is 0.652. The topological polar surface area (TPSA) is 98.1 Å². The van der Waals surface area contributed by atoms with Gasteiger partial charge in [-0.3, -0.25) is 4.57 Å². The fraction of sp³-hybridized carbons (Fsp3) is 0.158. The van der Waals surface area contributed by atoms with Crippen LogP contribution in [0, 0.1) is 0 Å². The van der Waals surface area contributed by atoms with E-state index in [0.29, 0.717) is 18.7 Å². The molecule has 0 bridgehead atoms. The standard InChI is InChI=1S/C19H19N5O3/c1-27-18(25)16-5-2-14(3-6-16)10-22-19(26)23-12-15-4-7-17(21-11-15)24-9-8-20-13-24/h2-9,11,13H,10,12H2,1H3,(H2,22,23,26). The van der Waals surface area contributed by atoms with E-state index in [1.807, 2.05) is 18.3 Å². The smallest absolute Gasteiger partial charge is 0.337 e. The number of amides is 2. The van der Waals surface area contributed by atoms with E-state index in [2.05, 4.69) is 25.3 Å². The van der Waals surface area contributed by atoms with Crippen LogP contribution in [0.5, 0.6) is 0 Å². The maximum atomic E-state index is 11.9. The molecule has 2 N–H and O–H groups in total. The average molecular weight is 365 g/mol. The number of pyridine rings is 1. The molecular weight excluding hydrogens is 346 g/mol. The molecule has 8 nitrogen and oxygen atoms in total. The van der Waals surface area contributed by atoms with Crippen molar-refractivity contribution in [2.45, 2.75) is 13.1 Å². The second-order valence-electron chi connectivity index (χ2n) is 5.72. The van der Waals surface area contributed by atoms with E-state index in [1.54, 1.807) is 47.6 Å². The van der Waals surface area contributed by atoms with Gasteiger partial charge in [-0.05, 0) is 29.3 Å². The van der Waals surface area contributed by atoms with Crippen molar-refractivity contribution in [3.63, 3.8) is 0 Å². The third-order valence-electron chi connectivity index (χ3n) is 3.86. The third-order valence-corrected chi connectivity index (χ3v) is 3.86. The van der Waals surface area contributed by atoms with E-state index in [-0.39, 0.29) is 12.0 Å². The highest BCUT2D eigenvalue weighted by molar-refractivity contribution is 5.89. The zero-order valence-electron chi connectivity index (χ0n) is 14.8. The summed E-state index contributed by atoms with van der Waals surface area (Å²) in [5.74, 6) is 0.371. The van der Waals surface area contributed by atoms with Crippen molar-refractivity contribution in [1.82, 2.24) is 25.2 Å². The number of rotatable bonds is 6. The van der Waals surface area contributed by atoms with E-state index in [4.69, 9.17) is 0 Å². The molecule has 0 aliphatic heterocycles. The van der Waals surface area contributed by atoms with Crippen LogP contribution in [0.1, 0.15) is 21.5 Å². The van der Waals surface area contributed by atoms with Crippen molar-refractivity contribution >= 4 is 12.0 Å². The lowest BCUT2D eigenvalue weighted by Crippen LogP contribution is -2.34. The maximum Gasteiger partial charge on any atom is 0.337 e. The van der Waals surface area contributed by atoms with Crippen molar-refractivity contribution in [3.8, 4) is 5.82 Å². The van der Waals surface area contributed by atoms with Gasteiger partial charge in [-0.25, -0.2) is 19.6 Å². The number of nitrogens with one attached hydrogen (secondary N) is 2. The SMILES string of the molecule is COC(=O)c1ccc(CNC(=O)NCc2ccc(-n3ccnc3)nc2)cc1. The Morgan fingerprint density at radius 2 is 1.74 bits per heavy atom. The largest absolute Gasteiger partial charge is 0.465 e. The average Bonchev–Trinajstić information content (AvgIpc) is 3.26. The number of nitrogens with zero attached hydrogens (tertiary/aromatic N) is 3. The molecule has 0 saturated heterocycles. The molecule has 0 unspecified atom stereocenters.